The molecule has 0 atom stereocenters. The van der Waals surface area contributed by atoms with Gasteiger partial charge in [0, 0.05) is 28.9 Å². The first-order valence-corrected chi connectivity index (χ1v) is 18.9. The minimum Gasteiger partial charge on any atom is -0.550 e. The Morgan fingerprint density at radius 1 is 0.373 bits per heavy atom. The molecular weight excluding hydrogens is 823 g/mol. The van der Waals surface area contributed by atoms with Crippen molar-refractivity contribution in [3.05, 3.63) is 170 Å². The Kier molecular flexibility index (Phi) is 11.5. The Hall–Kier alpha value is -7.04. The molecule has 4 N–H and O–H groups in total. The van der Waals surface area contributed by atoms with E-state index in [0.717, 1.165) is 58.6 Å². The summed E-state index contributed by atoms with van der Waals surface area (Å²) in [6, 6.07) is 61.1. The molecule has 0 fully saturated rings. The smallest absolute Gasteiger partial charge is 0.550 e. The fourth-order valence-corrected chi connectivity index (χ4v) is 8.26. The molecule has 0 unspecified atom stereocenters. The first kappa shape index (κ1) is 40.2. The molecule has 0 radical (unpaired) electrons. The van der Waals surface area contributed by atoms with Gasteiger partial charge in [-0.2, -0.15) is 0 Å². The van der Waals surface area contributed by atoms with Crippen molar-refractivity contribution in [3.63, 3.8) is 0 Å². The molecule has 6 nitrogen and oxygen atoms in total. The predicted molar refractivity (Wildman–Crippen MR) is 238 cm³/mol. The number of carboxylic acid groups (broad SMARTS) is 2. The summed E-state index contributed by atoms with van der Waals surface area (Å²) in [6.45, 7) is 1.94. The summed E-state index contributed by atoms with van der Waals surface area (Å²) in [6.07, 6.45) is 0. The average molecular weight is 861 g/mol. The number of rotatable bonds is 3. The fourth-order valence-electron chi connectivity index (χ4n) is 8.26. The second-order valence-corrected chi connectivity index (χ2v) is 14.3. The molecule has 0 aliphatic rings. The molecule has 0 saturated heterocycles. The van der Waals surface area contributed by atoms with Gasteiger partial charge in [-0.1, -0.05) is 140 Å². The van der Waals surface area contributed by atoms with Crippen LogP contribution in [0.25, 0.3) is 98.0 Å². The van der Waals surface area contributed by atoms with Crippen LogP contribution >= 0.6 is 0 Å². The van der Waals surface area contributed by atoms with E-state index in [-0.39, 0.29) is 20.4 Å². The number of carbonyl (C=O) groups excluding carboxylic acids is 2. The number of carboxylic acids is 2. The number of hydrogen-bond donors (Lipinski definition) is 2. The van der Waals surface area contributed by atoms with Gasteiger partial charge in [-0.15, -0.1) is 0 Å². The van der Waals surface area contributed by atoms with Crippen molar-refractivity contribution in [2.75, 3.05) is 11.5 Å². The number of aliphatic carboxylic acids is 2. The summed E-state index contributed by atoms with van der Waals surface area (Å²) < 4.78 is 0. The van der Waals surface area contributed by atoms with Gasteiger partial charge in [0.05, 0.1) is 0 Å². The van der Waals surface area contributed by atoms with Gasteiger partial charge < -0.3 is 31.3 Å². The first-order chi connectivity index (χ1) is 28.1. The van der Waals surface area contributed by atoms with Crippen molar-refractivity contribution < 1.29 is 40.2 Å². The van der Waals surface area contributed by atoms with Crippen molar-refractivity contribution in [1.82, 2.24) is 0 Å². The number of carbonyl (C=O) groups is 2. The van der Waals surface area contributed by atoms with Crippen LogP contribution in [0, 0.1) is 0 Å². The summed E-state index contributed by atoms with van der Waals surface area (Å²) in [4.78, 5) is 17.8. The number of nitrogens with two attached hydrogens (primary N) is 2. The maximum atomic E-state index is 8.89. The zero-order valence-corrected chi connectivity index (χ0v) is 33.8. The van der Waals surface area contributed by atoms with Crippen LogP contribution in [0.1, 0.15) is 13.8 Å². The predicted octanol–water partition coefficient (Wildman–Crippen LogP) is 10.3. The van der Waals surface area contributed by atoms with Gasteiger partial charge in [-0.05, 0) is 137 Å². The van der Waals surface area contributed by atoms with Crippen molar-refractivity contribution in [3.8, 4) is 33.4 Å². The van der Waals surface area contributed by atoms with Crippen molar-refractivity contribution in [2.24, 2.45) is 0 Å². The largest absolute Gasteiger partial charge is 2.00 e. The zero-order valence-electron chi connectivity index (χ0n) is 32.3. The van der Waals surface area contributed by atoms with E-state index in [1.54, 1.807) is 0 Å². The Labute approximate surface area is 355 Å². The van der Waals surface area contributed by atoms with Gasteiger partial charge in [0.15, 0.2) is 0 Å². The van der Waals surface area contributed by atoms with Gasteiger partial charge in [0.1, 0.15) is 0 Å². The van der Waals surface area contributed by atoms with Crippen LogP contribution in [0.4, 0.5) is 11.4 Å². The van der Waals surface area contributed by atoms with Crippen LogP contribution in [0.2, 0.25) is 0 Å². The van der Waals surface area contributed by atoms with Crippen molar-refractivity contribution in [1.29, 1.82) is 0 Å². The van der Waals surface area contributed by atoms with Gasteiger partial charge in [0.25, 0.3) is 0 Å². The minimum absolute atomic E-state index is 0. The summed E-state index contributed by atoms with van der Waals surface area (Å²) in [5.41, 5.74) is 21.3. The number of benzene rings is 10. The normalized spacial score (nSPS) is 10.8. The molecule has 0 aliphatic heterocycles. The monoisotopic (exact) mass is 860 g/mol. The minimum atomic E-state index is -1.08. The third kappa shape index (κ3) is 7.70. The van der Waals surface area contributed by atoms with Gasteiger partial charge in [-0.3, -0.25) is 0 Å². The molecule has 0 amide bonds. The second-order valence-electron chi connectivity index (χ2n) is 14.3. The molecule has 0 aliphatic carbocycles. The topological polar surface area (TPSA) is 132 Å². The van der Waals surface area contributed by atoms with Crippen molar-refractivity contribution in [2.45, 2.75) is 13.8 Å². The summed E-state index contributed by atoms with van der Waals surface area (Å²) in [5, 5.41) is 32.7. The molecule has 7 heteroatoms. The maximum Gasteiger partial charge on any atom is 2.00 e. The number of fused-ring (bicyclic) bond motifs is 12. The molecular formula is C52H38N2O4Pd. The van der Waals surface area contributed by atoms with Crippen LogP contribution in [0.3, 0.4) is 0 Å². The van der Waals surface area contributed by atoms with Crippen LogP contribution < -0.4 is 21.7 Å². The van der Waals surface area contributed by atoms with E-state index in [0.29, 0.717) is 0 Å². The van der Waals surface area contributed by atoms with E-state index in [2.05, 4.69) is 158 Å². The molecule has 10 aromatic rings. The standard InChI is InChI=1S/C48H32N2.2C2H4O2.Pd/c49-32-21-17-29(18-22-32)33-25-26-46(50)48(31-20-24-43-39-14-4-2-10-35(39)37-12-6-8-16-41(37)45(43)28-31)47(33)30-19-23-42-38-13-3-1-9-34(38)36-11-5-7-15-40(36)44(42)27-30;2*1-2(3)4;/h1-28H,49-50H2;2*1H3,(H,3,4);/q;;;+2/p-2. The fraction of sp³-hybridized carbons (Fsp3) is 0.0385. The summed E-state index contributed by atoms with van der Waals surface area (Å²) in [7, 11) is 0. The Bertz CT molecular complexity index is 3140. The van der Waals surface area contributed by atoms with E-state index in [1.165, 1.54) is 64.6 Å². The molecule has 0 saturated carbocycles. The number of hydrogen-bond acceptors (Lipinski definition) is 6. The third-order valence-electron chi connectivity index (χ3n) is 10.5. The molecule has 0 spiro atoms. The first-order valence-electron chi connectivity index (χ1n) is 18.9. The third-order valence-corrected chi connectivity index (χ3v) is 10.5. The quantitative estimate of drug-likeness (QED) is 0.103. The van der Waals surface area contributed by atoms with E-state index in [1.807, 2.05) is 12.1 Å². The van der Waals surface area contributed by atoms with Crippen LogP contribution in [0.15, 0.2) is 170 Å². The zero-order chi connectivity index (χ0) is 40.5. The molecule has 0 bridgehead atoms. The SMILES string of the molecule is CC(=O)[O-].CC(=O)[O-].Nc1ccc(-c2ccc(N)c(-c3ccc4c5ccccc5c5ccccc5c4c3)c2-c2ccc3c4ccccc4c4ccccc4c3c2)cc1.[Pd+2]. The van der Waals surface area contributed by atoms with E-state index < -0.39 is 11.9 Å². The van der Waals surface area contributed by atoms with E-state index in [4.69, 9.17) is 31.3 Å². The molecule has 290 valence electrons. The Morgan fingerprint density at radius 3 is 1.02 bits per heavy atom. The van der Waals surface area contributed by atoms with Gasteiger partial charge >= 0.3 is 20.4 Å². The van der Waals surface area contributed by atoms with E-state index >= 15 is 0 Å². The number of nitrogen functional groups attached to an aromatic ring is 2. The molecule has 59 heavy (non-hydrogen) atoms. The van der Waals surface area contributed by atoms with E-state index in [9.17, 15) is 0 Å². The maximum absolute atomic E-state index is 8.89. The number of anilines is 2. The Balaban J connectivity index is 0.000000542. The second kappa shape index (κ2) is 16.8. The summed E-state index contributed by atoms with van der Waals surface area (Å²) >= 11 is 0. The van der Waals surface area contributed by atoms with Gasteiger partial charge in [0.2, 0.25) is 0 Å². The van der Waals surface area contributed by atoms with Crippen LogP contribution in [-0.2, 0) is 30.0 Å². The van der Waals surface area contributed by atoms with Crippen LogP contribution in [-0.4, -0.2) is 11.9 Å². The molecule has 0 heterocycles. The Morgan fingerprint density at radius 2 is 0.661 bits per heavy atom. The molecule has 10 rings (SSSR count). The van der Waals surface area contributed by atoms with Crippen molar-refractivity contribution >= 4 is 87.9 Å². The van der Waals surface area contributed by atoms with Crippen LogP contribution in [0.5, 0.6) is 0 Å². The molecule has 10 aromatic carbocycles. The molecule has 0 aromatic heterocycles. The van der Waals surface area contributed by atoms with Gasteiger partial charge in [-0.25, -0.2) is 0 Å². The summed E-state index contributed by atoms with van der Waals surface area (Å²) in [5.74, 6) is -2.17. The average Bonchev–Trinajstić information content (AvgIpc) is 3.23.